The summed E-state index contributed by atoms with van der Waals surface area (Å²) in [7, 11) is 0. The van der Waals surface area contributed by atoms with Crippen molar-refractivity contribution < 1.29 is 14.3 Å². The van der Waals surface area contributed by atoms with Gasteiger partial charge in [-0.3, -0.25) is 9.59 Å². The second kappa shape index (κ2) is 8.43. The highest BCUT2D eigenvalue weighted by atomic mass is 35.5. The first-order valence-corrected chi connectivity index (χ1v) is 8.40. The van der Waals surface area contributed by atoms with Crippen LogP contribution in [0.25, 0.3) is 0 Å². The highest BCUT2D eigenvalue weighted by molar-refractivity contribution is 6.42. The number of para-hydroxylation sites is 2. The van der Waals surface area contributed by atoms with Gasteiger partial charge in [-0.2, -0.15) is 0 Å². The van der Waals surface area contributed by atoms with Crippen LogP contribution in [0.2, 0.25) is 15.1 Å². The van der Waals surface area contributed by atoms with E-state index in [2.05, 4.69) is 10.6 Å². The van der Waals surface area contributed by atoms with Gasteiger partial charge >= 0.3 is 0 Å². The number of nitrogens with one attached hydrogen (secondary N) is 2. The van der Waals surface area contributed by atoms with Gasteiger partial charge in [0.1, 0.15) is 5.75 Å². The Labute approximate surface area is 160 Å². The van der Waals surface area contributed by atoms with Crippen LogP contribution in [-0.2, 0) is 9.59 Å². The van der Waals surface area contributed by atoms with E-state index in [4.69, 9.17) is 39.5 Å². The zero-order valence-electron chi connectivity index (χ0n) is 13.4. The molecule has 0 aliphatic rings. The van der Waals surface area contributed by atoms with E-state index in [1.54, 1.807) is 31.2 Å². The maximum atomic E-state index is 12.4. The maximum Gasteiger partial charge on any atom is 0.265 e. The van der Waals surface area contributed by atoms with Crippen LogP contribution < -0.4 is 15.4 Å². The molecule has 2 N–H and O–H groups in total. The summed E-state index contributed by atoms with van der Waals surface area (Å²) < 4.78 is 5.64. The third-order valence-corrected chi connectivity index (χ3v) is 3.94. The molecule has 0 spiro atoms. The van der Waals surface area contributed by atoms with Crippen LogP contribution >= 0.6 is 34.8 Å². The minimum atomic E-state index is -0.863. The summed E-state index contributed by atoms with van der Waals surface area (Å²) in [6.07, 6.45) is -0.863. The monoisotopic (exact) mass is 400 g/mol. The van der Waals surface area contributed by atoms with Gasteiger partial charge in [0, 0.05) is 11.9 Å². The standard InChI is InChI=1S/C17H15Cl3N2O3/c1-9(25-15-6-4-3-5-14(15)21-10(2)23)17(24)22-16-12(19)7-11(18)8-13(16)20/h3-9H,1-2H3,(H,21,23)(H,22,24). The summed E-state index contributed by atoms with van der Waals surface area (Å²) in [5.74, 6) is -0.328. The predicted octanol–water partition coefficient (Wildman–Crippen LogP) is 5.01. The number of hydrogen-bond acceptors (Lipinski definition) is 3. The molecule has 2 aromatic carbocycles. The summed E-state index contributed by atoms with van der Waals surface area (Å²) in [5, 5.41) is 6.05. The highest BCUT2D eigenvalue weighted by Crippen LogP contribution is 2.34. The fourth-order valence-corrected chi connectivity index (χ4v) is 2.90. The number of anilines is 2. The summed E-state index contributed by atoms with van der Waals surface area (Å²) >= 11 is 18.0. The molecule has 2 aromatic rings. The molecule has 0 aromatic heterocycles. The predicted molar refractivity (Wildman–Crippen MR) is 101 cm³/mol. The normalized spacial score (nSPS) is 11.6. The van der Waals surface area contributed by atoms with Crippen molar-refractivity contribution in [2.75, 3.05) is 10.6 Å². The van der Waals surface area contributed by atoms with Crippen LogP contribution in [0.4, 0.5) is 11.4 Å². The molecule has 2 amide bonds. The van der Waals surface area contributed by atoms with Crippen LogP contribution in [-0.4, -0.2) is 17.9 Å². The Balaban J connectivity index is 2.13. The number of amides is 2. The van der Waals surface area contributed by atoms with E-state index in [-0.39, 0.29) is 21.6 Å². The molecule has 0 saturated carbocycles. The summed E-state index contributed by atoms with van der Waals surface area (Å²) in [4.78, 5) is 23.6. The van der Waals surface area contributed by atoms with Gasteiger partial charge in [-0.15, -0.1) is 0 Å². The molecular weight excluding hydrogens is 387 g/mol. The molecule has 132 valence electrons. The van der Waals surface area contributed by atoms with Crippen LogP contribution in [0.15, 0.2) is 36.4 Å². The number of halogens is 3. The van der Waals surface area contributed by atoms with Crippen LogP contribution in [0.5, 0.6) is 5.75 Å². The van der Waals surface area contributed by atoms with E-state index in [1.807, 2.05) is 0 Å². The quantitative estimate of drug-likeness (QED) is 0.740. The van der Waals surface area contributed by atoms with Gasteiger partial charge in [-0.25, -0.2) is 0 Å². The Hall–Kier alpha value is -1.95. The summed E-state index contributed by atoms with van der Waals surface area (Å²) in [6, 6.07) is 9.75. The van der Waals surface area contributed by atoms with Crippen molar-refractivity contribution in [2.45, 2.75) is 20.0 Å². The molecule has 8 heteroatoms. The smallest absolute Gasteiger partial charge is 0.265 e. The Kier molecular flexibility index (Phi) is 6.53. The molecular formula is C17H15Cl3N2O3. The molecule has 25 heavy (non-hydrogen) atoms. The second-order valence-electron chi connectivity index (χ2n) is 5.17. The number of carbonyl (C=O) groups excluding carboxylic acids is 2. The van der Waals surface area contributed by atoms with E-state index in [9.17, 15) is 9.59 Å². The molecule has 0 saturated heterocycles. The van der Waals surface area contributed by atoms with Gasteiger partial charge in [-0.1, -0.05) is 46.9 Å². The van der Waals surface area contributed by atoms with Crippen LogP contribution in [0.3, 0.4) is 0 Å². The van der Waals surface area contributed by atoms with Crippen molar-refractivity contribution >= 4 is 58.0 Å². The van der Waals surface area contributed by atoms with E-state index in [1.165, 1.54) is 19.1 Å². The lowest BCUT2D eigenvalue weighted by Crippen LogP contribution is -2.30. The van der Waals surface area contributed by atoms with Crippen molar-refractivity contribution in [1.29, 1.82) is 0 Å². The lowest BCUT2D eigenvalue weighted by Gasteiger charge is -2.18. The lowest BCUT2D eigenvalue weighted by molar-refractivity contribution is -0.122. The minimum Gasteiger partial charge on any atom is -0.479 e. The molecule has 0 aliphatic heterocycles. The first kappa shape index (κ1) is 19.4. The molecule has 1 atom stereocenters. The number of ether oxygens (including phenoxy) is 1. The van der Waals surface area contributed by atoms with E-state index >= 15 is 0 Å². The molecule has 5 nitrogen and oxygen atoms in total. The first-order valence-electron chi connectivity index (χ1n) is 7.26. The molecule has 0 aliphatic carbocycles. The SMILES string of the molecule is CC(=O)Nc1ccccc1OC(C)C(=O)Nc1c(Cl)cc(Cl)cc1Cl. The summed E-state index contributed by atoms with van der Waals surface area (Å²) in [6.45, 7) is 2.95. The van der Waals surface area contributed by atoms with Gasteiger partial charge < -0.3 is 15.4 Å². The summed E-state index contributed by atoms with van der Waals surface area (Å²) in [5.41, 5.74) is 0.723. The van der Waals surface area contributed by atoms with E-state index in [0.717, 1.165) is 0 Å². The molecule has 2 rings (SSSR count). The Morgan fingerprint density at radius 3 is 2.24 bits per heavy atom. The van der Waals surface area contributed by atoms with Crippen LogP contribution in [0.1, 0.15) is 13.8 Å². The Morgan fingerprint density at radius 2 is 1.64 bits per heavy atom. The van der Waals surface area contributed by atoms with Crippen molar-refractivity contribution in [1.82, 2.24) is 0 Å². The molecule has 1 unspecified atom stereocenters. The number of benzene rings is 2. The topological polar surface area (TPSA) is 67.4 Å². The van der Waals surface area contributed by atoms with E-state index < -0.39 is 12.0 Å². The first-order chi connectivity index (χ1) is 11.8. The van der Waals surface area contributed by atoms with Crippen LogP contribution in [0, 0.1) is 0 Å². The van der Waals surface area contributed by atoms with Crippen molar-refractivity contribution in [3.8, 4) is 5.75 Å². The third-order valence-electron chi connectivity index (χ3n) is 3.13. The van der Waals surface area contributed by atoms with Gasteiger partial charge in [0.2, 0.25) is 5.91 Å². The minimum absolute atomic E-state index is 0.219. The lowest BCUT2D eigenvalue weighted by atomic mass is 10.2. The second-order valence-corrected chi connectivity index (χ2v) is 6.42. The average Bonchev–Trinajstić information content (AvgIpc) is 2.52. The van der Waals surface area contributed by atoms with Gasteiger partial charge in [-0.05, 0) is 31.2 Å². The fraction of sp³-hybridized carbons (Fsp3) is 0.176. The van der Waals surface area contributed by atoms with Gasteiger partial charge in [0.25, 0.3) is 5.91 Å². The maximum absolute atomic E-state index is 12.4. The fourth-order valence-electron chi connectivity index (χ4n) is 1.99. The van der Waals surface area contributed by atoms with Crippen molar-refractivity contribution in [3.05, 3.63) is 51.5 Å². The van der Waals surface area contributed by atoms with Gasteiger partial charge in [0.05, 0.1) is 21.4 Å². The third kappa shape index (κ3) is 5.26. The largest absolute Gasteiger partial charge is 0.479 e. The highest BCUT2D eigenvalue weighted by Gasteiger charge is 2.19. The molecule has 0 heterocycles. The van der Waals surface area contributed by atoms with E-state index in [0.29, 0.717) is 16.5 Å². The zero-order valence-corrected chi connectivity index (χ0v) is 15.7. The van der Waals surface area contributed by atoms with Gasteiger partial charge in [0.15, 0.2) is 6.10 Å². The molecule has 0 fully saturated rings. The molecule has 0 radical (unpaired) electrons. The Morgan fingerprint density at radius 1 is 1.04 bits per heavy atom. The Bertz CT molecular complexity index is 788. The average molecular weight is 402 g/mol. The van der Waals surface area contributed by atoms with Crippen molar-refractivity contribution in [3.63, 3.8) is 0 Å². The number of hydrogen-bond donors (Lipinski definition) is 2. The molecule has 0 bridgehead atoms. The zero-order chi connectivity index (χ0) is 18.6. The number of carbonyl (C=O) groups is 2. The number of rotatable bonds is 5. The van der Waals surface area contributed by atoms with Crippen molar-refractivity contribution in [2.24, 2.45) is 0 Å².